The molecule has 3 heteroatoms. The van der Waals surface area contributed by atoms with E-state index in [-0.39, 0.29) is 0 Å². The minimum Gasteiger partial charge on any atom is -0.290 e. The molecule has 0 aliphatic heterocycles. The zero-order valence-electron chi connectivity index (χ0n) is 5.82. The zero-order chi connectivity index (χ0) is 7.82. The summed E-state index contributed by atoms with van der Waals surface area (Å²) in [6.07, 6.45) is 3.50. The first-order valence-electron chi connectivity index (χ1n) is 2.92. The Kier molecular flexibility index (Phi) is 6.22. The molecule has 0 unspecified atom stereocenters. The van der Waals surface area contributed by atoms with Gasteiger partial charge >= 0.3 is 0 Å². The summed E-state index contributed by atoms with van der Waals surface area (Å²) in [6, 6.07) is 0. The van der Waals surface area contributed by atoms with E-state index in [0.29, 0.717) is 13.1 Å². The van der Waals surface area contributed by atoms with E-state index in [2.05, 4.69) is 13.2 Å². The van der Waals surface area contributed by atoms with Crippen LogP contribution < -0.4 is 0 Å². The number of rotatable bonds is 6. The van der Waals surface area contributed by atoms with Crippen LogP contribution in [0.2, 0.25) is 0 Å². The Balaban J connectivity index is 3.58. The normalized spacial score (nSPS) is 9.30. The second-order valence-electron chi connectivity index (χ2n) is 1.63. The average Bonchev–Trinajstić information content (AvgIpc) is 1.90. The van der Waals surface area contributed by atoms with Crippen LogP contribution in [0.15, 0.2) is 25.3 Å². The summed E-state index contributed by atoms with van der Waals surface area (Å²) >= 11 is 1.14. The van der Waals surface area contributed by atoms with Crippen molar-refractivity contribution >= 4 is 17.6 Å². The van der Waals surface area contributed by atoms with Gasteiger partial charge in [-0.1, -0.05) is 12.2 Å². The maximum Gasteiger partial charge on any atom is 0.191 e. The van der Waals surface area contributed by atoms with Gasteiger partial charge in [0.2, 0.25) is 0 Å². The summed E-state index contributed by atoms with van der Waals surface area (Å²) in [7, 11) is 0. The zero-order valence-corrected chi connectivity index (χ0v) is 6.64. The number of nitrogens with zero attached hydrogens (tertiary/aromatic N) is 1. The maximum atomic E-state index is 10.0. The highest BCUT2D eigenvalue weighted by Gasteiger charge is 1.97. The van der Waals surface area contributed by atoms with Gasteiger partial charge in [0.25, 0.3) is 0 Å². The lowest BCUT2D eigenvalue weighted by Gasteiger charge is -2.12. The van der Waals surface area contributed by atoms with E-state index >= 15 is 0 Å². The third-order valence-corrected chi connectivity index (χ3v) is 1.54. The van der Waals surface area contributed by atoms with Gasteiger partial charge in [0, 0.05) is 13.1 Å². The van der Waals surface area contributed by atoms with Crippen molar-refractivity contribution in [2.24, 2.45) is 0 Å². The Hall–Kier alpha value is -0.540. The summed E-state index contributed by atoms with van der Waals surface area (Å²) in [4.78, 5) is 10.0. The van der Waals surface area contributed by atoms with E-state index < -0.39 is 0 Å². The topological polar surface area (TPSA) is 20.3 Å². The number of hydrogen-bond acceptors (Lipinski definition) is 3. The van der Waals surface area contributed by atoms with Crippen LogP contribution in [0, 0.1) is 0 Å². The van der Waals surface area contributed by atoms with Crippen molar-refractivity contribution in [1.29, 1.82) is 0 Å². The Morgan fingerprint density at radius 1 is 1.30 bits per heavy atom. The summed E-state index contributed by atoms with van der Waals surface area (Å²) in [5, 5.41) is 0. The van der Waals surface area contributed by atoms with Crippen molar-refractivity contribution in [3.05, 3.63) is 25.3 Å². The third-order valence-electron chi connectivity index (χ3n) is 0.858. The number of carbonyl (C=O) groups excluding carboxylic acids is 1. The van der Waals surface area contributed by atoms with E-state index in [1.807, 2.05) is 4.31 Å². The highest BCUT2D eigenvalue weighted by molar-refractivity contribution is 8.09. The second kappa shape index (κ2) is 6.58. The predicted molar refractivity (Wildman–Crippen MR) is 46.3 cm³/mol. The molecular formula is C7H11NOS. The van der Waals surface area contributed by atoms with Crippen LogP contribution in [-0.4, -0.2) is 23.0 Å². The van der Waals surface area contributed by atoms with Crippen LogP contribution in [-0.2, 0) is 4.79 Å². The van der Waals surface area contributed by atoms with E-state index in [4.69, 9.17) is 0 Å². The summed E-state index contributed by atoms with van der Waals surface area (Å²) < 4.78 is 1.85. The quantitative estimate of drug-likeness (QED) is 0.331. The standard InChI is InChI=1S/C7H11NOS/c1-3-5-8(6-4-2)10-7-9/h3-4,7H,1-2,5-6H2. The molecule has 56 valence electrons. The first kappa shape index (κ1) is 9.46. The van der Waals surface area contributed by atoms with E-state index in [1.165, 1.54) is 0 Å². The molecule has 0 aromatic carbocycles. The lowest BCUT2D eigenvalue weighted by Crippen LogP contribution is -2.14. The van der Waals surface area contributed by atoms with Crippen molar-refractivity contribution in [1.82, 2.24) is 4.31 Å². The Morgan fingerprint density at radius 3 is 2.10 bits per heavy atom. The number of hydrogen-bond donors (Lipinski definition) is 0. The van der Waals surface area contributed by atoms with Crippen molar-refractivity contribution in [3.8, 4) is 0 Å². The van der Waals surface area contributed by atoms with Crippen LogP contribution in [0.25, 0.3) is 0 Å². The molecule has 2 nitrogen and oxygen atoms in total. The average molecular weight is 157 g/mol. The van der Waals surface area contributed by atoms with E-state index in [1.54, 1.807) is 12.2 Å². The van der Waals surface area contributed by atoms with Crippen LogP contribution >= 0.6 is 11.9 Å². The van der Waals surface area contributed by atoms with Gasteiger partial charge in [-0.15, -0.1) is 13.2 Å². The SMILES string of the molecule is C=CCN(CC=C)SC=O. The van der Waals surface area contributed by atoms with E-state index in [9.17, 15) is 4.79 Å². The molecule has 0 atom stereocenters. The first-order chi connectivity index (χ1) is 4.85. The molecule has 0 aromatic rings. The predicted octanol–water partition coefficient (Wildman–Crippen LogP) is 1.50. The molecule has 0 spiro atoms. The molecule has 0 N–H and O–H groups in total. The Bertz CT molecular complexity index is 101. The van der Waals surface area contributed by atoms with Gasteiger partial charge in [-0.05, 0) is 11.9 Å². The van der Waals surface area contributed by atoms with Crippen molar-refractivity contribution < 1.29 is 4.79 Å². The summed E-state index contributed by atoms with van der Waals surface area (Å²) in [6.45, 7) is 8.53. The lowest BCUT2D eigenvalue weighted by atomic mass is 10.5. The van der Waals surface area contributed by atoms with Crippen LogP contribution in [0.4, 0.5) is 0 Å². The molecule has 0 radical (unpaired) electrons. The Morgan fingerprint density at radius 2 is 1.80 bits per heavy atom. The van der Waals surface area contributed by atoms with Gasteiger partial charge in [-0.2, -0.15) is 0 Å². The smallest absolute Gasteiger partial charge is 0.191 e. The van der Waals surface area contributed by atoms with Crippen molar-refractivity contribution in [3.63, 3.8) is 0 Å². The molecule has 10 heavy (non-hydrogen) atoms. The van der Waals surface area contributed by atoms with Gasteiger partial charge in [-0.25, -0.2) is 4.31 Å². The van der Waals surface area contributed by atoms with Gasteiger partial charge in [0.05, 0.1) is 0 Å². The van der Waals surface area contributed by atoms with Crippen molar-refractivity contribution in [2.45, 2.75) is 0 Å². The third kappa shape index (κ3) is 4.35. The fourth-order valence-electron chi connectivity index (χ4n) is 0.509. The molecule has 0 aromatic heterocycles. The van der Waals surface area contributed by atoms with Gasteiger partial charge in [0.15, 0.2) is 5.62 Å². The minimum atomic E-state index is 0.704. The van der Waals surface area contributed by atoms with Gasteiger partial charge in [0.1, 0.15) is 0 Å². The lowest BCUT2D eigenvalue weighted by molar-refractivity contribution is 0.558. The summed E-state index contributed by atoms with van der Waals surface area (Å²) in [5.41, 5.74) is 0.799. The van der Waals surface area contributed by atoms with Gasteiger partial charge < -0.3 is 0 Å². The fraction of sp³-hybridized carbons (Fsp3) is 0.286. The molecule has 0 saturated carbocycles. The Labute approximate surface area is 65.7 Å². The molecule has 0 fully saturated rings. The molecule has 0 aliphatic rings. The molecule has 0 amide bonds. The van der Waals surface area contributed by atoms with E-state index in [0.717, 1.165) is 17.6 Å². The first-order valence-corrected chi connectivity index (χ1v) is 3.76. The summed E-state index contributed by atoms with van der Waals surface area (Å²) in [5.74, 6) is 0. The second-order valence-corrected chi connectivity index (χ2v) is 2.55. The highest BCUT2D eigenvalue weighted by Crippen LogP contribution is 2.04. The fourth-order valence-corrected chi connectivity index (χ4v) is 1.01. The molecule has 0 aliphatic carbocycles. The van der Waals surface area contributed by atoms with Gasteiger partial charge in [-0.3, -0.25) is 4.79 Å². The number of carbonyl (C=O) groups is 1. The van der Waals surface area contributed by atoms with Crippen LogP contribution in [0.3, 0.4) is 0 Å². The monoisotopic (exact) mass is 157 g/mol. The minimum absolute atomic E-state index is 0.704. The molecule has 0 rings (SSSR count). The largest absolute Gasteiger partial charge is 0.290 e. The molecule has 0 heterocycles. The maximum absolute atomic E-state index is 10.0. The molecular weight excluding hydrogens is 146 g/mol. The van der Waals surface area contributed by atoms with Crippen LogP contribution in [0.5, 0.6) is 0 Å². The highest BCUT2D eigenvalue weighted by atomic mass is 32.2. The van der Waals surface area contributed by atoms with Crippen molar-refractivity contribution in [2.75, 3.05) is 13.1 Å². The van der Waals surface area contributed by atoms with Crippen LogP contribution in [0.1, 0.15) is 0 Å². The molecule has 0 bridgehead atoms. The molecule has 0 saturated heterocycles.